The number of aromatic hydroxyl groups is 2. The van der Waals surface area contributed by atoms with Crippen molar-refractivity contribution >= 4 is 11.4 Å². The van der Waals surface area contributed by atoms with Gasteiger partial charge in [0.1, 0.15) is 34.5 Å². The monoisotopic (exact) mass is 424 g/mol. The van der Waals surface area contributed by atoms with Crippen LogP contribution in [-0.2, 0) is 0 Å². The third-order valence-corrected chi connectivity index (χ3v) is 4.54. The molecule has 0 aromatic heterocycles. The lowest BCUT2D eigenvalue weighted by molar-refractivity contribution is 0.445. The second-order valence-corrected chi connectivity index (χ2v) is 6.92. The van der Waals surface area contributed by atoms with E-state index in [-0.39, 0.29) is 22.9 Å². The van der Waals surface area contributed by atoms with Crippen molar-refractivity contribution in [2.75, 3.05) is 11.5 Å². The Morgan fingerprint density at radius 1 is 0.594 bits per heavy atom. The van der Waals surface area contributed by atoms with Crippen molar-refractivity contribution in [3.63, 3.8) is 0 Å². The maximum absolute atomic E-state index is 9.91. The SMILES string of the molecule is Nc1ccc(Oc2ccc(C#Cc3ccccc3)c(Oc3ccc(N)c(O)c3)c2)cc1O. The van der Waals surface area contributed by atoms with Gasteiger partial charge in [-0.15, -0.1) is 0 Å². The molecule has 158 valence electrons. The van der Waals surface area contributed by atoms with Crippen molar-refractivity contribution in [1.29, 1.82) is 0 Å². The zero-order valence-corrected chi connectivity index (χ0v) is 16.9. The Kier molecular flexibility index (Phi) is 5.73. The molecule has 0 unspecified atom stereocenters. The molecule has 0 amide bonds. The lowest BCUT2D eigenvalue weighted by atomic mass is 10.1. The minimum Gasteiger partial charge on any atom is -0.506 e. The number of nitrogen functional groups attached to an aromatic ring is 2. The molecule has 0 heterocycles. The Balaban J connectivity index is 1.69. The van der Waals surface area contributed by atoms with Crippen molar-refractivity contribution < 1.29 is 19.7 Å². The predicted octanol–water partition coefficient (Wildman–Crippen LogP) is 5.25. The number of phenolic OH excluding ortho intramolecular Hbond substituents is 2. The van der Waals surface area contributed by atoms with Crippen LogP contribution in [0.2, 0.25) is 0 Å². The fourth-order valence-corrected chi connectivity index (χ4v) is 2.85. The maximum Gasteiger partial charge on any atom is 0.146 e. The van der Waals surface area contributed by atoms with Crippen molar-refractivity contribution in [1.82, 2.24) is 0 Å². The molecule has 0 saturated carbocycles. The molecule has 0 spiro atoms. The topological polar surface area (TPSA) is 111 Å². The molecule has 4 aromatic rings. The summed E-state index contributed by atoms with van der Waals surface area (Å²) in [6.07, 6.45) is 0. The van der Waals surface area contributed by atoms with Gasteiger partial charge in [0.2, 0.25) is 0 Å². The first kappa shape index (κ1) is 20.5. The van der Waals surface area contributed by atoms with Gasteiger partial charge >= 0.3 is 0 Å². The zero-order valence-electron chi connectivity index (χ0n) is 16.9. The second-order valence-electron chi connectivity index (χ2n) is 6.92. The molecule has 6 heteroatoms. The number of rotatable bonds is 4. The van der Waals surface area contributed by atoms with Gasteiger partial charge in [0.25, 0.3) is 0 Å². The van der Waals surface area contributed by atoms with Gasteiger partial charge in [-0.25, -0.2) is 0 Å². The predicted molar refractivity (Wildman–Crippen MR) is 124 cm³/mol. The van der Waals surface area contributed by atoms with Crippen LogP contribution in [0.1, 0.15) is 11.1 Å². The van der Waals surface area contributed by atoms with Crippen LogP contribution in [0.5, 0.6) is 34.5 Å². The van der Waals surface area contributed by atoms with Crippen LogP contribution in [0.3, 0.4) is 0 Å². The molecule has 0 atom stereocenters. The second kappa shape index (κ2) is 8.94. The Bertz CT molecular complexity index is 1320. The van der Waals surface area contributed by atoms with Gasteiger partial charge in [0, 0.05) is 23.8 Å². The average molecular weight is 424 g/mol. The van der Waals surface area contributed by atoms with Gasteiger partial charge in [-0.05, 0) is 48.5 Å². The molecule has 0 fully saturated rings. The van der Waals surface area contributed by atoms with Crippen molar-refractivity contribution in [3.8, 4) is 46.3 Å². The number of nitrogens with two attached hydrogens (primary N) is 2. The average Bonchev–Trinajstić information content (AvgIpc) is 2.79. The molecule has 4 rings (SSSR count). The van der Waals surface area contributed by atoms with Gasteiger partial charge in [-0.2, -0.15) is 0 Å². The molecule has 0 aliphatic rings. The van der Waals surface area contributed by atoms with Crippen molar-refractivity contribution in [2.45, 2.75) is 0 Å². The van der Waals surface area contributed by atoms with Gasteiger partial charge < -0.3 is 31.2 Å². The Morgan fingerprint density at radius 2 is 1.16 bits per heavy atom. The molecule has 0 bridgehead atoms. The first-order valence-electron chi connectivity index (χ1n) is 9.72. The number of benzene rings is 4. The highest BCUT2D eigenvalue weighted by Crippen LogP contribution is 2.35. The minimum absolute atomic E-state index is 0.0679. The summed E-state index contributed by atoms with van der Waals surface area (Å²) in [5.41, 5.74) is 13.3. The van der Waals surface area contributed by atoms with Crippen molar-refractivity contribution in [2.24, 2.45) is 0 Å². The van der Waals surface area contributed by atoms with E-state index in [9.17, 15) is 10.2 Å². The largest absolute Gasteiger partial charge is 0.506 e. The normalized spacial score (nSPS) is 10.1. The van der Waals surface area contributed by atoms with E-state index in [0.29, 0.717) is 28.6 Å². The van der Waals surface area contributed by atoms with E-state index >= 15 is 0 Å². The van der Waals surface area contributed by atoms with Gasteiger partial charge in [0.05, 0.1) is 16.9 Å². The molecule has 0 aliphatic heterocycles. The van der Waals surface area contributed by atoms with E-state index in [1.165, 1.54) is 12.1 Å². The first-order chi connectivity index (χ1) is 15.5. The molecule has 4 aromatic carbocycles. The fraction of sp³-hybridized carbons (Fsp3) is 0. The van der Waals surface area contributed by atoms with Crippen LogP contribution in [0, 0.1) is 11.8 Å². The molecule has 6 nitrogen and oxygen atoms in total. The Labute approximate surface area is 185 Å². The highest BCUT2D eigenvalue weighted by molar-refractivity contribution is 5.58. The first-order valence-corrected chi connectivity index (χ1v) is 9.72. The summed E-state index contributed by atoms with van der Waals surface area (Å²) in [5, 5.41) is 19.7. The van der Waals surface area contributed by atoms with E-state index in [2.05, 4.69) is 11.8 Å². The van der Waals surface area contributed by atoms with Gasteiger partial charge in [-0.1, -0.05) is 30.0 Å². The van der Waals surface area contributed by atoms with Crippen LogP contribution in [-0.4, -0.2) is 10.2 Å². The Hall–Kier alpha value is -4.76. The smallest absolute Gasteiger partial charge is 0.146 e. The van der Waals surface area contributed by atoms with Crippen LogP contribution in [0.25, 0.3) is 0 Å². The van der Waals surface area contributed by atoms with Gasteiger partial charge in [-0.3, -0.25) is 0 Å². The quantitative estimate of drug-likeness (QED) is 0.202. The van der Waals surface area contributed by atoms with Crippen LogP contribution in [0.4, 0.5) is 11.4 Å². The van der Waals surface area contributed by atoms with E-state index < -0.39 is 0 Å². The summed E-state index contributed by atoms with van der Waals surface area (Å²) in [6, 6.07) is 24.0. The number of phenols is 2. The number of anilines is 2. The molecule has 0 aliphatic carbocycles. The highest BCUT2D eigenvalue weighted by atomic mass is 16.5. The molecule has 0 saturated heterocycles. The highest BCUT2D eigenvalue weighted by Gasteiger charge is 2.10. The third kappa shape index (κ3) is 4.86. The zero-order chi connectivity index (χ0) is 22.5. The Morgan fingerprint density at radius 3 is 1.78 bits per heavy atom. The number of hydrogen-bond acceptors (Lipinski definition) is 6. The molecule has 32 heavy (non-hydrogen) atoms. The van der Waals surface area contributed by atoms with Crippen LogP contribution >= 0.6 is 0 Å². The molecule has 6 N–H and O–H groups in total. The fourth-order valence-electron chi connectivity index (χ4n) is 2.85. The number of ether oxygens (including phenoxy) is 2. The van der Waals surface area contributed by atoms with Crippen LogP contribution < -0.4 is 20.9 Å². The molecular weight excluding hydrogens is 404 g/mol. The maximum atomic E-state index is 9.91. The van der Waals surface area contributed by atoms with E-state index in [0.717, 1.165) is 5.56 Å². The number of hydrogen-bond donors (Lipinski definition) is 4. The van der Waals surface area contributed by atoms with Gasteiger partial charge in [0.15, 0.2) is 0 Å². The summed E-state index contributed by atoms with van der Waals surface area (Å²) >= 11 is 0. The summed E-state index contributed by atoms with van der Waals surface area (Å²) < 4.78 is 11.8. The summed E-state index contributed by atoms with van der Waals surface area (Å²) in [6.45, 7) is 0. The molecular formula is C26H20N2O4. The van der Waals surface area contributed by atoms with Crippen molar-refractivity contribution in [3.05, 3.63) is 96.1 Å². The van der Waals surface area contributed by atoms with E-state index in [1.807, 2.05) is 30.3 Å². The third-order valence-electron chi connectivity index (χ3n) is 4.54. The summed E-state index contributed by atoms with van der Waals surface area (Å²) in [5.74, 6) is 7.76. The molecule has 0 radical (unpaired) electrons. The lowest BCUT2D eigenvalue weighted by Crippen LogP contribution is -1.93. The van der Waals surface area contributed by atoms with E-state index in [1.54, 1.807) is 42.5 Å². The van der Waals surface area contributed by atoms with Crippen LogP contribution in [0.15, 0.2) is 84.9 Å². The van der Waals surface area contributed by atoms with E-state index in [4.69, 9.17) is 20.9 Å². The summed E-state index contributed by atoms with van der Waals surface area (Å²) in [7, 11) is 0. The summed E-state index contributed by atoms with van der Waals surface area (Å²) in [4.78, 5) is 0. The standard InChI is InChI=1S/C26H20N2O4/c27-22-12-10-19(14-24(22)29)31-21-9-8-18(7-6-17-4-2-1-3-5-17)26(16-21)32-20-11-13-23(28)25(30)15-20/h1-5,8-16,29-30H,27-28H2. The minimum atomic E-state index is -0.0795. The lowest BCUT2D eigenvalue weighted by Gasteiger charge is -2.12.